The van der Waals surface area contributed by atoms with Gasteiger partial charge in [-0.2, -0.15) is 0 Å². The molecule has 0 aromatic heterocycles. The Bertz CT molecular complexity index is 1580. The molecule has 0 N–H and O–H groups in total. The van der Waals surface area contributed by atoms with E-state index in [9.17, 15) is 9.59 Å². The zero-order valence-electron chi connectivity index (χ0n) is 25.9. The predicted octanol–water partition coefficient (Wildman–Crippen LogP) is 6.82. The van der Waals surface area contributed by atoms with E-state index in [-0.39, 0.29) is 18.3 Å². The summed E-state index contributed by atoms with van der Waals surface area (Å²) in [7, 11) is 4.78. The van der Waals surface area contributed by atoms with Crippen molar-refractivity contribution < 1.29 is 33.3 Å². The Kier molecular flexibility index (Phi) is 9.68. The normalized spacial score (nSPS) is 19.5. The van der Waals surface area contributed by atoms with Crippen LogP contribution < -0.4 is 18.9 Å². The molecular weight excluding hydrogens is 558 g/mol. The first-order valence-electron chi connectivity index (χ1n) is 14.9. The van der Waals surface area contributed by atoms with Gasteiger partial charge in [-0.05, 0) is 66.6 Å². The van der Waals surface area contributed by atoms with Gasteiger partial charge >= 0.3 is 5.97 Å². The largest absolute Gasteiger partial charge is 0.493 e. The number of aliphatic imine (C=N–C) groups is 1. The summed E-state index contributed by atoms with van der Waals surface area (Å²) in [6.45, 7) is 4.52. The molecule has 0 bridgehead atoms. The molecule has 0 saturated heterocycles. The maximum atomic E-state index is 14.1. The van der Waals surface area contributed by atoms with Gasteiger partial charge in [-0.3, -0.25) is 9.79 Å². The van der Waals surface area contributed by atoms with Crippen LogP contribution in [0, 0.1) is 5.92 Å². The minimum Gasteiger partial charge on any atom is -0.493 e. The molecule has 8 heteroatoms. The van der Waals surface area contributed by atoms with Gasteiger partial charge in [-0.25, -0.2) is 4.79 Å². The number of ether oxygens (including phenoxy) is 5. The first-order valence-corrected chi connectivity index (χ1v) is 14.9. The zero-order valence-corrected chi connectivity index (χ0v) is 25.9. The molecule has 1 aliphatic heterocycles. The number of benzene rings is 3. The summed E-state index contributed by atoms with van der Waals surface area (Å²) < 4.78 is 28.3. The molecule has 0 amide bonds. The highest BCUT2D eigenvalue weighted by Gasteiger charge is 2.46. The van der Waals surface area contributed by atoms with Crippen molar-refractivity contribution >= 4 is 17.5 Å². The van der Waals surface area contributed by atoms with Crippen molar-refractivity contribution in [2.75, 3.05) is 27.9 Å². The van der Waals surface area contributed by atoms with Crippen LogP contribution in [0.5, 0.6) is 23.0 Å². The number of allylic oxidation sites excluding steroid dienone is 1. The number of carbonyl (C=O) groups is 2. The Hall–Kier alpha value is -4.59. The van der Waals surface area contributed by atoms with Crippen molar-refractivity contribution in [2.24, 2.45) is 10.9 Å². The first kappa shape index (κ1) is 30.9. The van der Waals surface area contributed by atoms with E-state index >= 15 is 0 Å². The van der Waals surface area contributed by atoms with Gasteiger partial charge in [0.1, 0.15) is 12.4 Å². The van der Waals surface area contributed by atoms with Crippen LogP contribution in [0.1, 0.15) is 61.6 Å². The van der Waals surface area contributed by atoms with Gasteiger partial charge < -0.3 is 23.7 Å². The lowest BCUT2D eigenvalue weighted by atomic mass is 9.66. The lowest BCUT2D eigenvalue weighted by Crippen LogP contribution is -2.41. The molecule has 8 nitrogen and oxygen atoms in total. The van der Waals surface area contributed by atoms with Crippen LogP contribution in [-0.4, -0.2) is 45.4 Å². The summed E-state index contributed by atoms with van der Waals surface area (Å²) in [5.41, 5.74) is 4.31. The van der Waals surface area contributed by atoms with Gasteiger partial charge in [0.05, 0.1) is 39.4 Å². The molecule has 5 rings (SSSR count). The van der Waals surface area contributed by atoms with Crippen molar-refractivity contribution in [3.8, 4) is 23.0 Å². The Labute approximate surface area is 258 Å². The van der Waals surface area contributed by atoms with E-state index in [4.69, 9.17) is 28.7 Å². The third-order valence-electron chi connectivity index (χ3n) is 8.27. The van der Waals surface area contributed by atoms with Crippen molar-refractivity contribution in [3.63, 3.8) is 0 Å². The third kappa shape index (κ3) is 6.34. The highest BCUT2D eigenvalue weighted by molar-refractivity contribution is 6.12. The van der Waals surface area contributed by atoms with E-state index in [1.54, 1.807) is 21.3 Å². The number of ketones is 1. The average molecular weight is 598 g/mol. The Morgan fingerprint density at radius 3 is 2.18 bits per heavy atom. The summed E-state index contributed by atoms with van der Waals surface area (Å²) in [6.07, 6.45) is 1.72. The van der Waals surface area contributed by atoms with Crippen LogP contribution in [0.15, 0.2) is 83.0 Å². The van der Waals surface area contributed by atoms with Crippen molar-refractivity contribution in [1.82, 2.24) is 0 Å². The van der Waals surface area contributed by atoms with Crippen LogP contribution in [0.4, 0.5) is 0 Å². The molecule has 3 aromatic rings. The smallest absolute Gasteiger partial charge is 0.336 e. The number of hydrogen-bond acceptors (Lipinski definition) is 8. The predicted molar refractivity (Wildman–Crippen MR) is 168 cm³/mol. The van der Waals surface area contributed by atoms with Crippen LogP contribution >= 0.6 is 0 Å². The van der Waals surface area contributed by atoms with Gasteiger partial charge in [0, 0.05) is 23.7 Å². The number of hydrogen-bond donors (Lipinski definition) is 0. The van der Waals surface area contributed by atoms with Crippen molar-refractivity contribution in [1.29, 1.82) is 0 Å². The minimum absolute atomic E-state index is 0.0194. The molecule has 1 aliphatic carbocycles. The van der Waals surface area contributed by atoms with E-state index < -0.39 is 17.8 Å². The number of methoxy groups -OCH3 is 3. The van der Waals surface area contributed by atoms with E-state index in [1.165, 1.54) is 0 Å². The second kappa shape index (κ2) is 13.8. The molecule has 1 fully saturated rings. The summed E-state index contributed by atoms with van der Waals surface area (Å²) in [5, 5.41) is 0. The number of rotatable bonds is 11. The average Bonchev–Trinajstić information content (AvgIpc) is 3.05. The molecule has 1 heterocycles. The second-order valence-corrected chi connectivity index (χ2v) is 11.1. The number of esters is 1. The summed E-state index contributed by atoms with van der Waals surface area (Å²) >= 11 is 0. The maximum Gasteiger partial charge on any atom is 0.336 e. The van der Waals surface area contributed by atoms with Crippen molar-refractivity contribution in [3.05, 3.63) is 94.7 Å². The van der Waals surface area contributed by atoms with Gasteiger partial charge in [0.2, 0.25) is 0 Å². The Morgan fingerprint density at radius 2 is 1.48 bits per heavy atom. The fourth-order valence-electron chi connectivity index (χ4n) is 6.15. The monoisotopic (exact) mass is 597 g/mol. The van der Waals surface area contributed by atoms with E-state index in [2.05, 4.69) is 0 Å². The topological polar surface area (TPSA) is 92.7 Å². The highest BCUT2D eigenvalue weighted by atomic mass is 16.5. The molecule has 0 spiro atoms. The maximum absolute atomic E-state index is 14.1. The van der Waals surface area contributed by atoms with Crippen LogP contribution in [0.3, 0.4) is 0 Å². The first-order chi connectivity index (χ1) is 21.4. The van der Waals surface area contributed by atoms with Gasteiger partial charge in [-0.15, -0.1) is 0 Å². The van der Waals surface area contributed by atoms with E-state index in [1.807, 2.05) is 80.6 Å². The standard InChI is InChI=1S/C36H39NO7/c1-6-16-43-30-15-13-25(20-32(30)42-5)34-33(36(39)44-21-23-10-8-7-9-11-23)22(2)37-27-17-26(18-28(38)35(27)34)24-12-14-29(40-3)31(19-24)41-4/h7-15,19-20,26,34-35H,6,16-18,21H2,1-5H3/t26-,34+,35?/m0/s1. The van der Waals surface area contributed by atoms with Crippen LogP contribution in [0.2, 0.25) is 0 Å². The molecule has 3 atom stereocenters. The number of fused-ring (bicyclic) bond motifs is 1. The van der Waals surface area contributed by atoms with E-state index in [0.29, 0.717) is 53.7 Å². The molecule has 230 valence electrons. The summed E-state index contributed by atoms with van der Waals surface area (Å²) in [5.74, 6) is 0.646. The second-order valence-electron chi connectivity index (χ2n) is 11.1. The highest BCUT2D eigenvalue weighted by Crippen LogP contribution is 2.48. The molecule has 1 unspecified atom stereocenters. The molecule has 44 heavy (non-hydrogen) atoms. The minimum atomic E-state index is -0.610. The van der Waals surface area contributed by atoms with Crippen molar-refractivity contribution in [2.45, 2.75) is 51.6 Å². The fraction of sp³-hybridized carbons (Fsp3) is 0.361. The Morgan fingerprint density at radius 1 is 0.818 bits per heavy atom. The summed E-state index contributed by atoms with van der Waals surface area (Å²) in [4.78, 5) is 32.8. The number of carbonyl (C=O) groups excluding carboxylic acids is 2. The molecular formula is C36H39NO7. The molecule has 1 saturated carbocycles. The van der Waals surface area contributed by atoms with E-state index in [0.717, 1.165) is 28.8 Å². The van der Waals surface area contributed by atoms with Gasteiger partial charge in [0.15, 0.2) is 23.0 Å². The SMILES string of the molecule is CCCOc1ccc([C@@H]2C(C(=O)OCc3ccccc3)=C(C)N=C3C[C@H](c4ccc(OC)c(OC)c4)CC(=O)C32)cc1OC. The quantitative estimate of drug-likeness (QED) is 0.224. The van der Waals surface area contributed by atoms with Crippen LogP contribution in [-0.2, 0) is 20.9 Å². The molecule has 3 aromatic carbocycles. The lowest BCUT2D eigenvalue weighted by Gasteiger charge is -2.38. The van der Waals surface area contributed by atoms with Gasteiger partial charge in [-0.1, -0.05) is 49.4 Å². The Balaban J connectivity index is 1.54. The number of nitrogens with zero attached hydrogens (tertiary/aromatic N) is 1. The third-order valence-corrected chi connectivity index (χ3v) is 8.27. The number of Topliss-reactive ketones (excluding diaryl/α,β-unsaturated/α-hetero) is 1. The molecule has 2 aliphatic rings. The summed E-state index contributed by atoms with van der Waals surface area (Å²) in [6, 6.07) is 20.9. The molecule has 0 radical (unpaired) electrons. The fourth-order valence-corrected chi connectivity index (χ4v) is 6.15. The van der Waals surface area contributed by atoms with Crippen LogP contribution in [0.25, 0.3) is 0 Å². The lowest BCUT2D eigenvalue weighted by molar-refractivity contribution is -0.140. The zero-order chi connectivity index (χ0) is 31.2. The van der Waals surface area contributed by atoms with Gasteiger partial charge in [0.25, 0.3) is 0 Å².